The van der Waals surface area contributed by atoms with Crippen molar-refractivity contribution in [2.75, 3.05) is 70.2 Å². The van der Waals surface area contributed by atoms with Gasteiger partial charge in [-0.25, -0.2) is 13.4 Å². The van der Waals surface area contributed by atoms with E-state index < -0.39 is 10.0 Å². The van der Waals surface area contributed by atoms with Crippen molar-refractivity contribution in [2.24, 2.45) is 0 Å². The molecule has 1 aromatic heterocycles. The zero-order valence-electron chi connectivity index (χ0n) is 23.6. The second-order valence-electron chi connectivity index (χ2n) is 9.56. The number of piperazine rings is 1. The Morgan fingerprint density at radius 1 is 0.929 bits per heavy atom. The lowest BCUT2D eigenvalue weighted by molar-refractivity contribution is 0.0948. The molecule has 2 heterocycles. The molecule has 0 spiro atoms. The predicted molar refractivity (Wildman–Crippen MR) is 164 cm³/mol. The fourth-order valence-corrected chi connectivity index (χ4v) is 6.84. The highest BCUT2D eigenvalue weighted by molar-refractivity contribution is 7.92. The molecule has 11 nitrogen and oxygen atoms in total. The van der Waals surface area contributed by atoms with Gasteiger partial charge in [0.05, 0.1) is 42.2 Å². The van der Waals surface area contributed by atoms with Gasteiger partial charge in [-0.05, 0) is 48.5 Å². The Balaban J connectivity index is 1.14. The van der Waals surface area contributed by atoms with Gasteiger partial charge in [0.25, 0.3) is 15.9 Å². The molecule has 2 N–H and O–H groups in total. The van der Waals surface area contributed by atoms with Gasteiger partial charge in [0.15, 0.2) is 16.6 Å². The smallest absolute Gasteiger partial charge is 0.261 e. The van der Waals surface area contributed by atoms with Crippen LogP contribution in [0.25, 0.3) is 10.2 Å². The van der Waals surface area contributed by atoms with E-state index in [1.54, 1.807) is 62.0 Å². The average Bonchev–Trinajstić information content (AvgIpc) is 3.45. The summed E-state index contributed by atoms with van der Waals surface area (Å²) in [5.41, 5.74) is 1.26. The number of nitrogens with zero attached hydrogens (tertiary/aromatic N) is 3. The Labute approximate surface area is 249 Å². The normalized spacial score (nSPS) is 14.0. The molecule has 4 aromatic rings. The number of fused-ring (bicyclic) bond motifs is 1. The van der Waals surface area contributed by atoms with E-state index in [0.717, 1.165) is 41.5 Å². The van der Waals surface area contributed by atoms with Crippen molar-refractivity contribution >= 4 is 48.3 Å². The fraction of sp³-hybridized carbons (Fsp3) is 0.310. The zero-order valence-corrected chi connectivity index (χ0v) is 25.3. The molecule has 1 saturated heterocycles. The number of thiazole rings is 1. The van der Waals surface area contributed by atoms with Crippen LogP contribution in [0.3, 0.4) is 0 Å². The Kier molecular flexibility index (Phi) is 9.00. The van der Waals surface area contributed by atoms with Crippen molar-refractivity contribution in [3.8, 4) is 17.2 Å². The van der Waals surface area contributed by atoms with E-state index in [4.69, 9.17) is 19.2 Å². The molecule has 0 saturated carbocycles. The Morgan fingerprint density at radius 2 is 1.67 bits per heavy atom. The van der Waals surface area contributed by atoms with E-state index in [9.17, 15) is 13.2 Å². The first-order valence-electron chi connectivity index (χ1n) is 13.4. The number of carbonyl (C=O) groups is 1. The zero-order chi connectivity index (χ0) is 29.7. The summed E-state index contributed by atoms with van der Waals surface area (Å²) in [6.07, 6.45) is 0. The number of rotatable bonds is 11. The van der Waals surface area contributed by atoms with E-state index in [1.165, 1.54) is 19.2 Å². The molecular formula is C29H33N5O6S2. The van der Waals surface area contributed by atoms with Gasteiger partial charge >= 0.3 is 0 Å². The molecule has 0 unspecified atom stereocenters. The number of nitrogens with one attached hydrogen (secondary N) is 2. The minimum Gasteiger partial charge on any atom is -0.497 e. The lowest BCUT2D eigenvalue weighted by atomic mass is 10.1. The first-order chi connectivity index (χ1) is 20.3. The molecule has 3 aromatic carbocycles. The number of amides is 1. The number of anilines is 2. The summed E-state index contributed by atoms with van der Waals surface area (Å²) < 4.78 is 45.5. The Hall–Kier alpha value is -4.07. The summed E-state index contributed by atoms with van der Waals surface area (Å²) in [5, 5.41) is 3.87. The summed E-state index contributed by atoms with van der Waals surface area (Å²) in [5.74, 6) is 1.50. The van der Waals surface area contributed by atoms with Crippen LogP contribution in [-0.2, 0) is 10.0 Å². The Morgan fingerprint density at radius 3 is 2.36 bits per heavy atom. The average molecular weight is 612 g/mol. The minimum absolute atomic E-state index is 0.0716. The van der Waals surface area contributed by atoms with Gasteiger partial charge in [-0.2, -0.15) is 0 Å². The molecule has 222 valence electrons. The van der Waals surface area contributed by atoms with Crippen LogP contribution >= 0.6 is 11.3 Å². The number of hydrogen-bond acceptors (Lipinski definition) is 10. The van der Waals surface area contributed by atoms with Crippen LogP contribution in [0, 0.1) is 0 Å². The van der Waals surface area contributed by atoms with E-state index >= 15 is 0 Å². The number of benzene rings is 3. The molecule has 0 bridgehead atoms. The SMILES string of the molecule is COc1ccc(S(=O)(=O)Nc2ccccc2C(=O)NCCN2CCN(c3nc4c(OC)c(OC)ccc4s3)CC2)cc1. The molecule has 5 rings (SSSR count). The van der Waals surface area contributed by atoms with Crippen molar-refractivity contribution in [2.45, 2.75) is 4.90 Å². The lowest BCUT2D eigenvalue weighted by Gasteiger charge is -2.34. The maximum Gasteiger partial charge on any atom is 0.261 e. The van der Waals surface area contributed by atoms with Gasteiger partial charge in [0, 0.05) is 39.3 Å². The van der Waals surface area contributed by atoms with Crippen molar-refractivity contribution < 1.29 is 27.4 Å². The third kappa shape index (κ3) is 6.37. The molecule has 1 aliphatic rings. The summed E-state index contributed by atoms with van der Waals surface area (Å²) >= 11 is 1.63. The largest absolute Gasteiger partial charge is 0.497 e. The van der Waals surface area contributed by atoms with Crippen molar-refractivity contribution in [3.63, 3.8) is 0 Å². The number of carbonyl (C=O) groups excluding carboxylic acids is 1. The number of para-hydroxylation sites is 1. The van der Waals surface area contributed by atoms with Crippen LogP contribution < -0.4 is 29.1 Å². The molecule has 1 amide bonds. The third-order valence-electron chi connectivity index (χ3n) is 7.03. The number of aromatic nitrogens is 1. The highest BCUT2D eigenvalue weighted by atomic mass is 32.2. The molecule has 13 heteroatoms. The molecule has 42 heavy (non-hydrogen) atoms. The van der Waals surface area contributed by atoms with Crippen LogP contribution in [0.5, 0.6) is 17.2 Å². The van der Waals surface area contributed by atoms with Crippen LogP contribution in [0.15, 0.2) is 65.6 Å². The minimum atomic E-state index is -3.89. The second-order valence-corrected chi connectivity index (χ2v) is 12.2. The van der Waals surface area contributed by atoms with Crippen LogP contribution in [-0.4, -0.2) is 84.8 Å². The van der Waals surface area contributed by atoms with Crippen molar-refractivity contribution in [1.82, 2.24) is 15.2 Å². The summed E-state index contributed by atoms with van der Waals surface area (Å²) in [6.45, 7) is 4.36. The van der Waals surface area contributed by atoms with Gasteiger partial charge in [-0.1, -0.05) is 23.5 Å². The van der Waals surface area contributed by atoms with Crippen molar-refractivity contribution in [3.05, 3.63) is 66.2 Å². The maximum absolute atomic E-state index is 13.0. The van der Waals surface area contributed by atoms with Gasteiger partial charge in [0.1, 0.15) is 11.3 Å². The molecule has 0 atom stereocenters. The number of methoxy groups -OCH3 is 3. The molecule has 1 aliphatic heterocycles. The fourth-order valence-electron chi connectivity index (χ4n) is 4.75. The first kappa shape index (κ1) is 29.4. The first-order valence-corrected chi connectivity index (χ1v) is 15.7. The molecule has 0 radical (unpaired) electrons. The number of hydrogen-bond donors (Lipinski definition) is 2. The van der Waals surface area contributed by atoms with Gasteiger partial charge < -0.3 is 24.4 Å². The van der Waals surface area contributed by atoms with E-state index in [-0.39, 0.29) is 22.1 Å². The maximum atomic E-state index is 13.0. The summed E-state index contributed by atoms with van der Waals surface area (Å²) in [7, 11) is 0.850. The number of ether oxygens (including phenoxy) is 3. The topological polar surface area (TPSA) is 122 Å². The van der Waals surface area contributed by atoms with Crippen LogP contribution in [0.2, 0.25) is 0 Å². The van der Waals surface area contributed by atoms with Crippen LogP contribution in [0.4, 0.5) is 10.8 Å². The Bertz CT molecular complexity index is 1650. The van der Waals surface area contributed by atoms with Gasteiger partial charge in [0.2, 0.25) is 0 Å². The summed E-state index contributed by atoms with van der Waals surface area (Å²) in [4.78, 5) is 22.5. The third-order valence-corrected chi connectivity index (χ3v) is 9.50. The summed E-state index contributed by atoms with van der Waals surface area (Å²) in [6, 6.07) is 16.5. The van der Waals surface area contributed by atoms with Crippen molar-refractivity contribution in [1.29, 1.82) is 0 Å². The molecule has 0 aliphatic carbocycles. The highest BCUT2D eigenvalue weighted by Crippen LogP contribution is 2.40. The predicted octanol–water partition coefficient (Wildman–Crippen LogP) is 3.67. The second kappa shape index (κ2) is 12.8. The van der Waals surface area contributed by atoms with Crippen LogP contribution in [0.1, 0.15) is 10.4 Å². The van der Waals surface area contributed by atoms with Gasteiger partial charge in [-0.3, -0.25) is 14.4 Å². The molecule has 1 fully saturated rings. The highest BCUT2D eigenvalue weighted by Gasteiger charge is 2.23. The standard InChI is InChI=1S/C29H33N5O6S2/c1-38-20-8-10-21(11-9-20)42(36,37)32-23-7-5-4-6-22(23)28(35)30-14-15-33-16-18-34(19-17-33)29-31-26-25(41-29)13-12-24(39-2)27(26)40-3/h4-13,32H,14-19H2,1-3H3,(H,30,35). The monoisotopic (exact) mass is 611 g/mol. The van der Waals surface area contributed by atoms with E-state index in [2.05, 4.69) is 19.8 Å². The quantitative estimate of drug-likeness (QED) is 0.262. The van der Waals surface area contributed by atoms with E-state index in [1.807, 2.05) is 12.1 Å². The van der Waals surface area contributed by atoms with E-state index in [0.29, 0.717) is 30.3 Å². The molecular weight excluding hydrogens is 578 g/mol. The number of sulfonamides is 1. The lowest BCUT2D eigenvalue weighted by Crippen LogP contribution is -2.48. The van der Waals surface area contributed by atoms with Gasteiger partial charge in [-0.15, -0.1) is 0 Å².